The summed E-state index contributed by atoms with van der Waals surface area (Å²) in [5, 5.41) is 2.78. The molecule has 1 heterocycles. The highest BCUT2D eigenvalue weighted by Crippen LogP contribution is 2.33. The number of carbonyl (C=O) groups excluding carboxylic acids is 2. The van der Waals surface area contributed by atoms with Crippen LogP contribution in [0.3, 0.4) is 0 Å². The minimum atomic E-state index is -0.140. The summed E-state index contributed by atoms with van der Waals surface area (Å²) in [6.07, 6.45) is 2.71. The summed E-state index contributed by atoms with van der Waals surface area (Å²) >= 11 is 0. The first-order valence-corrected chi connectivity index (χ1v) is 7.14. The van der Waals surface area contributed by atoms with E-state index in [9.17, 15) is 9.59 Å². The number of hydrogen-bond donors (Lipinski definition) is 2. The Kier molecular flexibility index (Phi) is 7.14. The Morgan fingerprint density at radius 1 is 1.41 bits per heavy atom. The molecule has 0 aliphatic carbocycles. The molecule has 2 amide bonds. The molecule has 0 saturated carbocycles. The van der Waals surface area contributed by atoms with Gasteiger partial charge in [0.05, 0.1) is 12.8 Å². The van der Waals surface area contributed by atoms with Gasteiger partial charge in [0.15, 0.2) is 0 Å². The molecule has 0 bridgehead atoms. The second-order valence-corrected chi connectivity index (χ2v) is 4.98. The fourth-order valence-electron chi connectivity index (χ4n) is 2.39. The standard InChI is InChI=1S/C15H21N3O3.ClH/c1-21-13-6-5-11(17-14(19)7-8-16)10-12(13)18-9-3-2-4-15(18)20;/h5-6,10H,2-4,7-9,16H2,1H3,(H,17,19);1H. The van der Waals surface area contributed by atoms with Gasteiger partial charge < -0.3 is 20.7 Å². The molecule has 0 aromatic heterocycles. The maximum Gasteiger partial charge on any atom is 0.227 e. The van der Waals surface area contributed by atoms with E-state index < -0.39 is 0 Å². The van der Waals surface area contributed by atoms with Crippen LogP contribution in [0.15, 0.2) is 18.2 Å². The number of nitrogens with two attached hydrogens (primary N) is 1. The van der Waals surface area contributed by atoms with Gasteiger partial charge >= 0.3 is 0 Å². The Bertz CT molecular complexity index is 537. The van der Waals surface area contributed by atoms with Gasteiger partial charge in [0.2, 0.25) is 11.8 Å². The normalized spacial score (nSPS) is 14.3. The third-order valence-corrected chi connectivity index (χ3v) is 3.45. The highest BCUT2D eigenvalue weighted by Gasteiger charge is 2.23. The van der Waals surface area contributed by atoms with Crippen molar-refractivity contribution in [1.29, 1.82) is 0 Å². The fourth-order valence-corrected chi connectivity index (χ4v) is 2.39. The molecule has 1 aliphatic rings. The summed E-state index contributed by atoms with van der Waals surface area (Å²) < 4.78 is 5.33. The molecule has 1 aromatic carbocycles. The number of benzene rings is 1. The lowest BCUT2D eigenvalue weighted by Crippen LogP contribution is -2.35. The predicted molar refractivity (Wildman–Crippen MR) is 88.7 cm³/mol. The Morgan fingerprint density at radius 2 is 2.18 bits per heavy atom. The molecular weight excluding hydrogens is 306 g/mol. The minimum Gasteiger partial charge on any atom is -0.495 e. The number of piperidine rings is 1. The Hall–Kier alpha value is -1.79. The number of methoxy groups -OCH3 is 1. The van der Waals surface area contributed by atoms with E-state index in [0.29, 0.717) is 36.6 Å². The monoisotopic (exact) mass is 327 g/mol. The number of hydrogen-bond acceptors (Lipinski definition) is 4. The van der Waals surface area contributed by atoms with Crippen molar-refractivity contribution in [3.05, 3.63) is 18.2 Å². The van der Waals surface area contributed by atoms with Crippen LogP contribution in [0.2, 0.25) is 0 Å². The number of halogens is 1. The van der Waals surface area contributed by atoms with Gasteiger partial charge in [0.25, 0.3) is 0 Å². The van der Waals surface area contributed by atoms with Crippen molar-refractivity contribution < 1.29 is 14.3 Å². The summed E-state index contributed by atoms with van der Waals surface area (Å²) in [7, 11) is 1.57. The van der Waals surface area contributed by atoms with Crippen LogP contribution in [-0.2, 0) is 9.59 Å². The zero-order valence-corrected chi connectivity index (χ0v) is 13.4. The minimum absolute atomic E-state index is 0. The first-order chi connectivity index (χ1) is 10.2. The SMILES string of the molecule is COc1ccc(NC(=O)CCN)cc1N1CCCCC1=O.Cl. The number of nitrogens with zero attached hydrogens (tertiary/aromatic N) is 1. The molecule has 0 radical (unpaired) electrons. The van der Waals surface area contributed by atoms with Gasteiger partial charge in [-0.25, -0.2) is 0 Å². The molecule has 1 saturated heterocycles. The van der Waals surface area contributed by atoms with Crippen LogP contribution < -0.4 is 20.7 Å². The molecule has 1 fully saturated rings. The van der Waals surface area contributed by atoms with Crippen LogP contribution in [0.4, 0.5) is 11.4 Å². The van der Waals surface area contributed by atoms with E-state index in [0.717, 1.165) is 12.8 Å². The summed E-state index contributed by atoms with van der Waals surface area (Å²) in [6.45, 7) is 0.981. The molecule has 122 valence electrons. The lowest BCUT2D eigenvalue weighted by atomic mass is 10.1. The van der Waals surface area contributed by atoms with Gasteiger partial charge in [-0.05, 0) is 31.0 Å². The summed E-state index contributed by atoms with van der Waals surface area (Å²) in [6, 6.07) is 5.29. The van der Waals surface area contributed by atoms with Gasteiger partial charge in [-0.2, -0.15) is 0 Å². The summed E-state index contributed by atoms with van der Waals surface area (Å²) in [5.74, 6) is 0.575. The highest BCUT2D eigenvalue weighted by atomic mass is 35.5. The Morgan fingerprint density at radius 3 is 2.82 bits per heavy atom. The van der Waals surface area contributed by atoms with Crippen molar-refractivity contribution >= 4 is 35.6 Å². The van der Waals surface area contributed by atoms with Crippen LogP contribution >= 0.6 is 12.4 Å². The second-order valence-electron chi connectivity index (χ2n) is 4.98. The third-order valence-electron chi connectivity index (χ3n) is 3.45. The van der Waals surface area contributed by atoms with Gasteiger partial charge in [-0.1, -0.05) is 0 Å². The van der Waals surface area contributed by atoms with Gasteiger partial charge in [-0.15, -0.1) is 12.4 Å². The molecule has 0 spiro atoms. The van der Waals surface area contributed by atoms with E-state index in [4.69, 9.17) is 10.5 Å². The van der Waals surface area contributed by atoms with E-state index in [1.807, 2.05) is 0 Å². The largest absolute Gasteiger partial charge is 0.495 e. The Labute approximate surface area is 136 Å². The number of rotatable bonds is 5. The Balaban J connectivity index is 0.00000242. The average Bonchev–Trinajstić information content (AvgIpc) is 2.48. The number of amides is 2. The third kappa shape index (κ3) is 4.35. The number of carbonyl (C=O) groups is 2. The van der Waals surface area contributed by atoms with Crippen molar-refractivity contribution in [2.75, 3.05) is 30.4 Å². The number of anilines is 2. The predicted octanol–water partition coefficient (Wildman–Crippen LogP) is 1.92. The van der Waals surface area contributed by atoms with Gasteiger partial charge in [0, 0.05) is 31.6 Å². The quantitative estimate of drug-likeness (QED) is 0.865. The maximum absolute atomic E-state index is 12.1. The van der Waals surface area contributed by atoms with E-state index in [-0.39, 0.29) is 30.6 Å². The zero-order chi connectivity index (χ0) is 15.2. The van der Waals surface area contributed by atoms with Crippen LogP contribution in [0.25, 0.3) is 0 Å². The van der Waals surface area contributed by atoms with E-state index in [1.165, 1.54) is 0 Å². The zero-order valence-electron chi connectivity index (χ0n) is 12.6. The van der Waals surface area contributed by atoms with Crippen LogP contribution in [0.5, 0.6) is 5.75 Å². The highest BCUT2D eigenvalue weighted by molar-refractivity contribution is 5.97. The molecule has 0 atom stereocenters. The molecule has 0 unspecified atom stereocenters. The molecule has 2 rings (SSSR count). The second kappa shape index (κ2) is 8.60. The lowest BCUT2D eigenvalue weighted by Gasteiger charge is -2.28. The van der Waals surface area contributed by atoms with Crippen molar-refractivity contribution in [3.63, 3.8) is 0 Å². The first-order valence-electron chi connectivity index (χ1n) is 7.14. The van der Waals surface area contributed by atoms with E-state index in [1.54, 1.807) is 30.2 Å². The number of nitrogens with one attached hydrogen (secondary N) is 1. The van der Waals surface area contributed by atoms with Crippen molar-refractivity contribution in [2.45, 2.75) is 25.7 Å². The lowest BCUT2D eigenvalue weighted by molar-refractivity contribution is -0.119. The summed E-state index contributed by atoms with van der Waals surface area (Å²) in [5.41, 5.74) is 6.70. The molecule has 1 aliphatic heterocycles. The number of ether oxygens (including phenoxy) is 1. The molecule has 1 aromatic rings. The van der Waals surface area contributed by atoms with Gasteiger partial charge in [-0.3, -0.25) is 9.59 Å². The van der Waals surface area contributed by atoms with Crippen LogP contribution in [-0.4, -0.2) is 32.0 Å². The fraction of sp³-hybridized carbons (Fsp3) is 0.467. The van der Waals surface area contributed by atoms with Crippen molar-refractivity contribution in [1.82, 2.24) is 0 Å². The first kappa shape index (κ1) is 18.3. The van der Waals surface area contributed by atoms with Crippen LogP contribution in [0, 0.1) is 0 Å². The molecule has 6 nitrogen and oxygen atoms in total. The van der Waals surface area contributed by atoms with E-state index in [2.05, 4.69) is 5.32 Å². The summed E-state index contributed by atoms with van der Waals surface area (Å²) in [4.78, 5) is 25.4. The smallest absolute Gasteiger partial charge is 0.227 e. The molecule has 7 heteroatoms. The van der Waals surface area contributed by atoms with Crippen molar-refractivity contribution in [3.8, 4) is 5.75 Å². The van der Waals surface area contributed by atoms with E-state index >= 15 is 0 Å². The molecular formula is C15H22ClN3O3. The average molecular weight is 328 g/mol. The maximum atomic E-state index is 12.1. The molecule has 3 N–H and O–H groups in total. The topological polar surface area (TPSA) is 84.7 Å². The molecule has 22 heavy (non-hydrogen) atoms. The van der Waals surface area contributed by atoms with Gasteiger partial charge in [0.1, 0.15) is 5.75 Å². The van der Waals surface area contributed by atoms with Crippen LogP contribution in [0.1, 0.15) is 25.7 Å². The van der Waals surface area contributed by atoms with Crippen molar-refractivity contribution in [2.24, 2.45) is 5.73 Å².